The molecule has 1 unspecified atom stereocenters. The second-order valence-electron chi connectivity index (χ2n) is 5.05. The lowest BCUT2D eigenvalue weighted by atomic mass is 9.96. The standard InChI is InChI=1S/C16H27NO2/c1-14(2)16(15-8-5-4-6-9-15)17-10-7-11-19-13-12-18-3/h4-6,8-9,14,16-17H,7,10-13H2,1-3H3. The van der Waals surface area contributed by atoms with Crippen molar-refractivity contribution in [1.29, 1.82) is 0 Å². The van der Waals surface area contributed by atoms with Crippen molar-refractivity contribution in [3.63, 3.8) is 0 Å². The Morgan fingerprint density at radius 1 is 1.05 bits per heavy atom. The van der Waals surface area contributed by atoms with Gasteiger partial charge in [-0.05, 0) is 24.4 Å². The van der Waals surface area contributed by atoms with Crippen LogP contribution in [0, 0.1) is 5.92 Å². The van der Waals surface area contributed by atoms with Crippen molar-refractivity contribution in [1.82, 2.24) is 5.32 Å². The molecule has 0 fully saturated rings. The lowest BCUT2D eigenvalue weighted by molar-refractivity contribution is 0.0691. The molecule has 19 heavy (non-hydrogen) atoms. The van der Waals surface area contributed by atoms with Gasteiger partial charge in [-0.3, -0.25) is 0 Å². The van der Waals surface area contributed by atoms with Crippen molar-refractivity contribution in [3.8, 4) is 0 Å². The molecule has 1 aromatic carbocycles. The molecule has 3 nitrogen and oxygen atoms in total. The van der Waals surface area contributed by atoms with Crippen LogP contribution in [0.5, 0.6) is 0 Å². The molecule has 108 valence electrons. The summed E-state index contributed by atoms with van der Waals surface area (Å²) < 4.78 is 10.4. The average molecular weight is 265 g/mol. The molecule has 0 radical (unpaired) electrons. The molecule has 1 rings (SSSR count). The van der Waals surface area contributed by atoms with Crippen LogP contribution in [0.4, 0.5) is 0 Å². The Balaban J connectivity index is 2.24. The molecule has 0 saturated carbocycles. The predicted molar refractivity (Wildman–Crippen MR) is 79.3 cm³/mol. The minimum atomic E-state index is 0.417. The molecule has 0 heterocycles. The summed E-state index contributed by atoms with van der Waals surface area (Å²) in [7, 11) is 1.69. The SMILES string of the molecule is COCCOCCCNC(c1ccccc1)C(C)C. The summed E-state index contributed by atoms with van der Waals surface area (Å²) in [6, 6.07) is 11.0. The van der Waals surface area contributed by atoms with E-state index in [0.29, 0.717) is 25.2 Å². The molecule has 0 bridgehead atoms. The summed E-state index contributed by atoms with van der Waals surface area (Å²) in [6.45, 7) is 7.62. The van der Waals surface area contributed by atoms with Crippen molar-refractivity contribution >= 4 is 0 Å². The van der Waals surface area contributed by atoms with Crippen LogP contribution in [0.25, 0.3) is 0 Å². The van der Waals surface area contributed by atoms with Crippen LogP contribution in [0.3, 0.4) is 0 Å². The molecule has 1 N–H and O–H groups in total. The molecular formula is C16H27NO2. The van der Waals surface area contributed by atoms with Crippen molar-refractivity contribution in [2.45, 2.75) is 26.3 Å². The highest BCUT2D eigenvalue weighted by Gasteiger charge is 2.13. The van der Waals surface area contributed by atoms with Gasteiger partial charge in [0.1, 0.15) is 0 Å². The fourth-order valence-corrected chi connectivity index (χ4v) is 2.07. The monoisotopic (exact) mass is 265 g/mol. The Hall–Kier alpha value is -0.900. The Labute approximate surface area is 117 Å². The smallest absolute Gasteiger partial charge is 0.0700 e. The lowest BCUT2D eigenvalue weighted by Crippen LogP contribution is -2.27. The van der Waals surface area contributed by atoms with E-state index in [0.717, 1.165) is 19.6 Å². The first-order chi connectivity index (χ1) is 9.25. The predicted octanol–water partition coefficient (Wildman–Crippen LogP) is 3.03. The molecule has 0 aliphatic rings. The fourth-order valence-electron chi connectivity index (χ4n) is 2.07. The van der Waals surface area contributed by atoms with Gasteiger partial charge < -0.3 is 14.8 Å². The highest BCUT2D eigenvalue weighted by molar-refractivity contribution is 5.19. The molecule has 1 atom stereocenters. The molecule has 0 spiro atoms. The maximum atomic E-state index is 5.46. The Morgan fingerprint density at radius 2 is 1.79 bits per heavy atom. The molecule has 0 amide bonds. The van der Waals surface area contributed by atoms with Crippen LogP contribution < -0.4 is 5.32 Å². The first kappa shape index (κ1) is 16.2. The van der Waals surface area contributed by atoms with Gasteiger partial charge in [0.25, 0.3) is 0 Å². The van der Waals surface area contributed by atoms with Crippen LogP contribution in [-0.4, -0.2) is 33.5 Å². The topological polar surface area (TPSA) is 30.5 Å². The molecule has 0 saturated heterocycles. The van der Waals surface area contributed by atoms with Crippen LogP contribution in [-0.2, 0) is 9.47 Å². The van der Waals surface area contributed by atoms with Crippen LogP contribution >= 0.6 is 0 Å². The quantitative estimate of drug-likeness (QED) is 0.660. The second-order valence-corrected chi connectivity index (χ2v) is 5.05. The summed E-state index contributed by atoms with van der Waals surface area (Å²) >= 11 is 0. The van der Waals surface area contributed by atoms with Crippen LogP contribution in [0.2, 0.25) is 0 Å². The van der Waals surface area contributed by atoms with E-state index in [1.165, 1.54) is 5.56 Å². The number of ether oxygens (including phenoxy) is 2. The minimum Gasteiger partial charge on any atom is -0.382 e. The summed E-state index contributed by atoms with van der Waals surface area (Å²) in [5.41, 5.74) is 1.36. The van der Waals surface area contributed by atoms with Crippen molar-refractivity contribution in [3.05, 3.63) is 35.9 Å². The third-order valence-electron chi connectivity index (χ3n) is 3.09. The summed E-state index contributed by atoms with van der Waals surface area (Å²) in [6.07, 6.45) is 1.03. The number of benzene rings is 1. The largest absolute Gasteiger partial charge is 0.382 e. The molecule has 0 aliphatic heterocycles. The zero-order valence-electron chi connectivity index (χ0n) is 12.4. The summed E-state index contributed by atoms with van der Waals surface area (Å²) in [5, 5.41) is 3.62. The van der Waals surface area contributed by atoms with E-state index in [1.807, 2.05) is 0 Å². The van der Waals surface area contributed by atoms with Crippen LogP contribution in [0.1, 0.15) is 31.9 Å². The normalized spacial score (nSPS) is 12.8. The van der Waals surface area contributed by atoms with E-state index in [1.54, 1.807) is 7.11 Å². The van der Waals surface area contributed by atoms with E-state index in [4.69, 9.17) is 9.47 Å². The first-order valence-electron chi connectivity index (χ1n) is 7.10. The van der Waals surface area contributed by atoms with E-state index >= 15 is 0 Å². The van der Waals surface area contributed by atoms with E-state index in [2.05, 4.69) is 49.5 Å². The number of rotatable bonds is 10. The fraction of sp³-hybridized carbons (Fsp3) is 0.625. The minimum absolute atomic E-state index is 0.417. The third-order valence-corrected chi connectivity index (χ3v) is 3.09. The van der Waals surface area contributed by atoms with Gasteiger partial charge in [0.05, 0.1) is 13.2 Å². The van der Waals surface area contributed by atoms with E-state index in [9.17, 15) is 0 Å². The van der Waals surface area contributed by atoms with Gasteiger partial charge in [0, 0.05) is 19.8 Å². The maximum Gasteiger partial charge on any atom is 0.0700 e. The lowest BCUT2D eigenvalue weighted by Gasteiger charge is -2.23. The molecule has 1 aromatic rings. The second kappa shape index (κ2) is 9.96. The first-order valence-corrected chi connectivity index (χ1v) is 7.10. The molecule has 3 heteroatoms. The van der Waals surface area contributed by atoms with Crippen molar-refractivity contribution < 1.29 is 9.47 Å². The highest BCUT2D eigenvalue weighted by atomic mass is 16.5. The molecule has 0 aromatic heterocycles. The average Bonchev–Trinajstić information content (AvgIpc) is 2.42. The highest BCUT2D eigenvalue weighted by Crippen LogP contribution is 2.20. The summed E-state index contributed by atoms with van der Waals surface area (Å²) in [5.74, 6) is 0.580. The molecule has 0 aliphatic carbocycles. The Bertz CT molecular complexity index is 314. The van der Waals surface area contributed by atoms with Crippen molar-refractivity contribution in [2.75, 3.05) is 33.5 Å². The maximum absolute atomic E-state index is 5.46. The van der Waals surface area contributed by atoms with Crippen LogP contribution in [0.15, 0.2) is 30.3 Å². The molecular weight excluding hydrogens is 238 g/mol. The van der Waals surface area contributed by atoms with Gasteiger partial charge in [-0.25, -0.2) is 0 Å². The number of hydrogen-bond acceptors (Lipinski definition) is 3. The van der Waals surface area contributed by atoms with E-state index < -0.39 is 0 Å². The van der Waals surface area contributed by atoms with Gasteiger partial charge in [-0.1, -0.05) is 44.2 Å². The number of methoxy groups -OCH3 is 1. The Kier molecular flexibility index (Phi) is 8.47. The van der Waals surface area contributed by atoms with Crippen molar-refractivity contribution in [2.24, 2.45) is 5.92 Å². The van der Waals surface area contributed by atoms with E-state index in [-0.39, 0.29) is 0 Å². The van der Waals surface area contributed by atoms with Gasteiger partial charge in [0.15, 0.2) is 0 Å². The Morgan fingerprint density at radius 3 is 2.42 bits per heavy atom. The van der Waals surface area contributed by atoms with Gasteiger partial charge in [-0.15, -0.1) is 0 Å². The zero-order chi connectivity index (χ0) is 13.9. The zero-order valence-corrected chi connectivity index (χ0v) is 12.4. The number of hydrogen-bond donors (Lipinski definition) is 1. The van der Waals surface area contributed by atoms with Gasteiger partial charge in [-0.2, -0.15) is 0 Å². The van der Waals surface area contributed by atoms with Gasteiger partial charge in [0.2, 0.25) is 0 Å². The van der Waals surface area contributed by atoms with Gasteiger partial charge >= 0.3 is 0 Å². The number of nitrogens with one attached hydrogen (secondary N) is 1. The third kappa shape index (κ3) is 6.71. The summed E-state index contributed by atoms with van der Waals surface area (Å²) in [4.78, 5) is 0.